The summed E-state index contributed by atoms with van der Waals surface area (Å²) >= 11 is 0. The first-order chi connectivity index (χ1) is 46.9. The number of ether oxygens (including phenoxy) is 4. The number of halogens is 1. The molecule has 2 aromatic heterocycles. The number of carbonyl (C=O) groups is 11. The van der Waals surface area contributed by atoms with E-state index in [0.29, 0.717) is 70.3 Å². The van der Waals surface area contributed by atoms with Crippen LogP contribution in [0.15, 0.2) is 59.4 Å². The zero-order valence-corrected chi connectivity index (χ0v) is 53.7. The van der Waals surface area contributed by atoms with Crippen molar-refractivity contribution in [1.29, 1.82) is 0 Å². The number of carbonyl (C=O) groups excluding carboxylic acids is 11. The van der Waals surface area contributed by atoms with E-state index in [4.69, 9.17) is 23.9 Å². The van der Waals surface area contributed by atoms with Gasteiger partial charge in [0.15, 0.2) is 5.60 Å². The number of nitrogens with one attached hydrogen (secondary N) is 8. The summed E-state index contributed by atoms with van der Waals surface area (Å²) in [6.45, 7) is -0.841. The molecule has 1 saturated heterocycles. The fraction of sp³-hybridized carbons (Fsp3) is 0.492. The van der Waals surface area contributed by atoms with Crippen molar-refractivity contribution in [3.8, 4) is 11.4 Å². The second-order valence-corrected chi connectivity index (χ2v) is 24.2. The van der Waals surface area contributed by atoms with E-state index >= 15 is 4.39 Å². The van der Waals surface area contributed by atoms with Gasteiger partial charge in [0.25, 0.3) is 17.4 Å². The number of cyclic esters (lactones) is 1. The summed E-state index contributed by atoms with van der Waals surface area (Å²) in [4.78, 5) is 162. The van der Waals surface area contributed by atoms with E-state index in [2.05, 4.69) is 42.5 Å². The van der Waals surface area contributed by atoms with Crippen LogP contribution in [-0.2, 0) is 98.5 Å². The second-order valence-electron chi connectivity index (χ2n) is 24.2. The SMILES string of the molecule is CC[C@@]1(O)C(=O)OCc2c1cc1n(c2=O)Cc2c-1nc1cc(F)c(C)c3c1c2[C@@H](NC(=O)OCCOCNC(=O)CNC(=O)[C@H](Cc1ccccc1)NC(=O)CNC(=O)CNC(=O)[C@H](CCC(=O)NC[C@@H]1O[C@H](CO)[C@@H](O)[C@H](O)[C@H]1O)NC(=O)CCCCCN1C(=O)C=CC1=O)CC3. The largest absolute Gasteiger partial charge is 0.458 e. The minimum absolute atomic E-state index is 0.0240. The van der Waals surface area contributed by atoms with Crippen molar-refractivity contribution in [2.75, 3.05) is 59.3 Å². The number of pyridine rings is 2. The van der Waals surface area contributed by atoms with Crippen LogP contribution in [0.25, 0.3) is 22.3 Å². The first kappa shape index (κ1) is 72.6. The number of alkyl carbamates (subject to hydrolysis) is 1. The molecular weight excluding hydrogens is 1290 g/mol. The predicted octanol–water partition coefficient (Wildman–Crippen LogP) is -2.88. The number of unbranched alkanes of at least 4 members (excludes halogenated alkanes) is 2. The maximum Gasteiger partial charge on any atom is 0.407 e. The number of aliphatic hydroxyl groups excluding tert-OH is 4. The maximum absolute atomic E-state index is 15.4. The van der Waals surface area contributed by atoms with Gasteiger partial charge in [-0.3, -0.25) is 52.8 Å². The fourth-order valence-electron chi connectivity index (χ4n) is 12.3. The first-order valence-corrected chi connectivity index (χ1v) is 32.1. The molecule has 526 valence electrons. The van der Waals surface area contributed by atoms with Gasteiger partial charge in [-0.05, 0) is 73.8 Å². The Hall–Kier alpha value is -9.64. The molecule has 0 unspecified atom stereocenters. The Bertz CT molecular complexity index is 3830. The third-order valence-corrected chi connectivity index (χ3v) is 17.7. The monoisotopic (exact) mass is 1370 g/mol. The number of hydrogen-bond donors (Lipinski definition) is 13. The number of aliphatic hydroxyl groups is 5. The number of hydrogen-bond acceptors (Lipinski definition) is 22. The molecular formula is C65H78FN11O21. The summed E-state index contributed by atoms with van der Waals surface area (Å²) in [5, 5.41) is 72.1. The Kier molecular flexibility index (Phi) is 24.2. The van der Waals surface area contributed by atoms with Crippen LogP contribution in [-0.4, -0.2) is 207 Å². The number of imide groups is 1. The number of esters is 1. The highest BCUT2D eigenvalue weighted by Crippen LogP contribution is 2.46. The van der Waals surface area contributed by atoms with Gasteiger partial charge in [0.05, 0.1) is 67.9 Å². The number of nitrogens with zero attached hydrogens (tertiary/aromatic N) is 3. The molecule has 0 spiro atoms. The van der Waals surface area contributed by atoms with E-state index in [9.17, 15) is 83.1 Å². The van der Waals surface area contributed by atoms with Crippen molar-refractivity contribution in [3.05, 3.63) is 110 Å². The summed E-state index contributed by atoms with van der Waals surface area (Å²) in [5.74, 6) is -7.69. The number of aromatic nitrogens is 2. The molecule has 5 aliphatic rings. The van der Waals surface area contributed by atoms with Gasteiger partial charge in [-0.15, -0.1) is 0 Å². The lowest BCUT2D eigenvalue weighted by Gasteiger charge is -2.40. The molecule has 2 aromatic carbocycles. The van der Waals surface area contributed by atoms with Crippen LogP contribution in [0.2, 0.25) is 0 Å². The van der Waals surface area contributed by atoms with E-state index in [1.165, 1.54) is 10.6 Å². The quantitative estimate of drug-likeness (QED) is 0.00917. The lowest BCUT2D eigenvalue weighted by atomic mass is 9.81. The summed E-state index contributed by atoms with van der Waals surface area (Å²) in [7, 11) is 0. The molecule has 9 rings (SSSR count). The van der Waals surface area contributed by atoms with E-state index in [1.807, 2.05) is 0 Å². The Morgan fingerprint density at radius 2 is 1.45 bits per heavy atom. The smallest absolute Gasteiger partial charge is 0.407 e. The first-order valence-electron chi connectivity index (χ1n) is 32.1. The van der Waals surface area contributed by atoms with Crippen molar-refractivity contribution in [2.45, 2.75) is 145 Å². The molecule has 32 nitrogen and oxygen atoms in total. The Morgan fingerprint density at radius 1 is 0.765 bits per heavy atom. The normalized spacial score (nSPS) is 21.0. The number of aryl methyl sites for hydroxylation is 1. The second kappa shape index (κ2) is 32.6. The van der Waals surface area contributed by atoms with Gasteiger partial charge in [0.2, 0.25) is 41.4 Å². The van der Waals surface area contributed by atoms with Crippen LogP contribution in [0.3, 0.4) is 0 Å². The van der Waals surface area contributed by atoms with Crippen LogP contribution < -0.4 is 48.1 Å². The topological polar surface area (TPSA) is 460 Å². The summed E-state index contributed by atoms with van der Waals surface area (Å²) in [6.07, 6.45) is -5.10. The third-order valence-electron chi connectivity index (χ3n) is 17.7. The number of benzene rings is 2. The van der Waals surface area contributed by atoms with Crippen LogP contribution in [0, 0.1) is 12.7 Å². The van der Waals surface area contributed by atoms with Gasteiger partial charge >= 0.3 is 12.1 Å². The Balaban J connectivity index is 0.715. The molecule has 0 radical (unpaired) electrons. The van der Waals surface area contributed by atoms with Gasteiger partial charge in [0.1, 0.15) is 68.4 Å². The lowest BCUT2D eigenvalue weighted by molar-refractivity contribution is -0.227. The molecule has 98 heavy (non-hydrogen) atoms. The number of rotatable bonds is 31. The average molecular weight is 1370 g/mol. The van der Waals surface area contributed by atoms with Crippen LogP contribution >= 0.6 is 0 Å². The molecule has 10 amide bonds. The van der Waals surface area contributed by atoms with Crippen molar-refractivity contribution in [3.63, 3.8) is 0 Å². The molecule has 1 fully saturated rings. The zero-order valence-electron chi connectivity index (χ0n) is 53.7. The standard InChI is InChI=1S/C65H78FN11O21/c1-3-65(94)38-23-44-56-36(29-77(44)62(91)37(38)31-97-63(65)92)55-40(14-13-35-33(2)39(66)24-42(74-56)54(35)55)75-64(93)96-21-20-95-32-71-50(82)27-70-61(90)43(22-34-10-6-4-7-11-34)73-51(83)28-68-49(81)26-69-60(89)41(72-48(80)12-8-5-9-19-76-52(84)17-18-53(76)85)15-16-47(79)67-25-45-57(86)59(88)58(87)46(30-78)98-45/h4,6-7,10-11,17-18,23-24,40-41,43,45-46,57-59,78,86-88,94H,3,5,8-9,12-16,19-22,25-32H2,1-2H3,(H,67,79)(H,68,81)(H,69,89)(H,70,90)(H,71,82)(H,72,80)(H,73,83)(H,75,93)/t40-,41-,43-,45-,46+,57-,58+,59+,65-/m0/s1. The van der Waals surface area contributed by atoms with Gasteiger partial charge < -0.3 is 91.6 Å². The van der Waals surface area contributed by atoms with Gasteiger partial charge in [0, 0.05) is 67.1 Å². The predicted molar refractivity (Wildman–Crippen MR) is 337 cm³/mol. The maximum atomic E-state index is 15.4. The summed E-state index contributed by atoms with van der Waals surface area (Å²) in [6, 6.07) is 8.00. The highest BCUT2D eigenvalue weighted by molar-refractivity contribution is 6.12. The number of amides is 10. The summed E-state index contributed by atoms with van der Waals surface area (Å²) < 4.78 is 38.4. The Morgan fingerprint density at radius 3 is 2.16 bits per heavy atom. The molecule has 0 bridgehead atoms. The molecule has 1 aliphatic carbocycles. The van der Waals surface area contributed by atoms with Gasteiger partial charge in [-0.25, -0.2) is 19.0 Å². The molecule has 0 saturated carbocycles. The lowest BCUT2D eigenvalue weighted by Crippen LogP contribution is -2.60. The van der Waals surface area contributed by atoms with Crippen molar-refractivity contribution < 1.29 is 102 Å². The minimum Gasteiger partial charge on any atom is -0.458 e. The van der Waals surface area contributed by atoms with Crippen molar-refractivity contribution >= 4 is 76.1 Å². The Labute approximate surface area is 558 Å². The van der Waals surface area contributed by atoms with Crippen molar-refractivity contribution in [1.82, 2.24) is 57.0 Å². The van der Waals surface area contributed by atoms with Gasteiger partial charge in [-0.1, -0.05) is 43.7 Å². The molecule has 4 aliphatic heterocycles. The molecule has 13 N–H and O–H groups in total. The summed E-state index contributed by atoms with van der Waals surface area (Å²) in [5.41, 5.74) is 1.50. The molecule has 6 heterocycles. The fourth-order valence-corrected chi connectivity index (χ4v) is 12.3. The highest BCUT2D eigenvalue weighted by Gasteiger charge is 2.47. The van der Waals surface area contributed by atoms with Crippen LogP contribution in [0.1, 0.15) is 103 Å². The molecule has 9 atom stereocenters. The van der Waals surface area contributed by atoms with E-state index in [0.717, 1.165) is 17.1 Å². The zero-order chi connectivity index (χ0) is 70.5. The van der Waals surface area contributed by atoms with Crippen molar-refractivity contribution in [2.24, 2.45) is 0 Å². The van der Waals surface area contributed by atoms with Gasteiger partial charge in [-0.2, -0.15) is 0 Å². The van der Waals surface area contributed by atoms with Crippen LogP contribution in [0.5, 0.6) is 0 Å². The molecule has 4 aromatic rings. The van der Waals surface area contributed by atoms with E-state index < -0.39 is 164 Å². The number of fused-ring (bicyclic) bond motifs is 5. The molecule has 33 heteroatoms. The van der Waals surface area contributed by atoms with E-state index in [1.54, 1.807) is 50.2 Å². The third kappa shape index (κ3) is 17.0. The minimum atomic E-state index is -2.08. The average Bonchev–Trinajstić information content (AvgIpc) is 1.49. The highest BCUT2D eigenvalue weighted by atomic mass is 19.1. The van der Waals surface area contributed by atoms with E-state index in [-0.39, 0.29) is 94.9 Å². The van der Waals surface area contributed by atoms with Crippen LogP contribution in [0.4, 0.5) is 9.18 Å².